The van der Waals surface area contributed by atoms with Gasteiger partial charge >= 0.3 is 0 Å². The summed E-state index contributed by atoms with van der Waals surface area (Å²) in [5, 5.41) is 7.58. The Kier molecular flexibility index (Phi) is 2.70. The van der Waals surface area contributed by atoms with Gasteiger partial charge in [-0.2, -0.15) is 5.10 Å². The molecule has 0 saturated carbocycles. The van der Waals surface area contributed by atoms with E-state index in [9.17, 15) is 4.79 Å². The van der Waals surface area contributed by atoms with Gasteiger partial charge in [-0.1, -0.05) is 13.8 Å². The fourth-order valence-corrected chi connectivity index (χ4v) is 1.37. The Hall–Kier alpha value is -0.770. The van der Waals surface area contributed by atoms with Crippen LogP contribution in [0.3, 0.4) is 0 Å². The fraction of sp³-hybridized carbons (Fsp3) is 0.429. The normalized spacial score (nSPS) is 10.5. The lowest BCUT2D eigenvalue weighted by Gasteiger charge is -2.00. The number of hydrogen-bond acceptors (Lipinski definition) is 3. The second kappa shape index (κ2) is 3.57. The predicted octanol–water partition coefficient (Wildman–Crippen LogP) is 1.27. The molecule has 0 amide bonds. The lowest BCUT2D eigenvalue weighted by Crippen LogP contribution is -2.05. The van der Waals surface area contributed by atoms with Crippen molar-refractivity contribution in [3.8, 4) is 0 Å². The van der Waals surface area contributed by atoms with Crippen LogP contribution in [-0.2, 0) is 0 Å². The molecule has 1 N–H and O–H groups in total. The molecule has 1 heterocycles. The molecule has 0 spiro atoms. The maximum Gasteiger partial charge on any atom is 0.264 e. The third-order valence-electron chi connectivity index (χ3n) is 1.01. The van der Waals surface area contributed by atoms with Gasteiger partial charge in [0, 0.05) is 11.3 Å². The molecule has 0 fully saturated rings. The maximum absolute atomic E-state index is 10.6. The summed E-state index contributed by atoms with van der Waals surface area (Å²) in [5.41, 5.74) is -0.155. The number of nitrogens with one attached hydrogen (secondary N) is 1. The highest BCUT2D eigenvalue weighted by Crippen LogP contribution is 2.17. The zero-order valence-electron chi connectivity index (χ0n) is 6.50. The topological polar surface area (TPSA) is 45.8 Å². The van der Waals surface area contributed by atoms with E-state index in [4.69, 9.17) is 0 Å². The fourth-order valence-electron chi connectivity index (χ4n) is 0.639. The van der Waals surface area contributed by atoms with E-state index in [2.05, 4.69) is 24.0 Å². The lowest BCUT2D eigenvalue weighted by atomic mass is 10.6. The highest BCUT2D eigenvalue weighted by molar-refractivity contribution is 7.99. The first-order chi connectivity index (χ1) is 5.18. The van der Waals surface area contributed by atoms with Gasteiger partial charge < -0.3 is 0 Å². The molecule has 1 aromatic heterocycles. The minimum Gasteiger partial charge on any atom is -0.268 e. The first kappa shape index (κ1) is 8.33. The van der Waals surface area contributed by atoms with Crippen LogP contribution in [0.2, 0.25) is 0 Å². The standard InChI is InChI=1S/C7H10N2OS/c1-5(2)11-7-4-3-6(10)8-9-7/h3-5H,1-2H3,(H,8,10). The number of rotatable bonds is 2. The Bertz CT molecular complexity index is 262. The Morgan fingerprint density at radius 3 is 2.73 bits per heavy atom. The van der Waals surface area contributed by atoms with Crippen molar-refractivity contribution in [1.29, 1.82) is 0 Å². The zero-order valence-corrected chi connectivity index (χ0v) is 7.31. The monoisotopic (exact) mass is 170 g/mol. The van der Waals surface area contributed by atoms with Crippen LogP contribution in [0, 0.1) is 0 Å². The van der Waals surface area contributed by atoms with Gasteiger partial charge in [0.2, 0.25) is 0 Å². The molecule has 0 aliphatic rings. The molecule has 0 bridgehead atoms. The van der Waals surface area contributed by atoms with Crippen LogP contribution in [0.4, 0.5) is 0 Å². The van der Waals surface area contributed by atoms with Crippen LogP contribution in [0.1, 0.15) is 13.8 Å². The Labute approximate surface area is 69.2 Å². The molecule has 0 saturated heterocycles. The van der Waals surface area contributed by atoms with Crippen molar-refractivity contribution in [3.05, 3.63) is 22.5 Å². The van der Waals surface area contributed by atoms with Gasteiger partial charge in [-0.25, -0.2) is 5.10 Å². The van der Waals surface area contributed by atoms with Crippen molar-refractivity contribution < 1.29 is 0 Å². The van der Waals surface area contributed by atoms with E-state index in [-0.39, 0.29) is 5.56 Å². The van der Waals surface area contributed by atoms with Crippen molar-refractivity contribution in [2.75, 3.05) is 0 Å². The summed E-state index contributed by atoms with van der Waals surface area (Å²) in [4.78, 5) is 10.6. The van der Waals surface area contributed by atoms with Crippen LogP contribution >= 0.6 is 11.8 Å². The van der Waals surface area contributed by atoms with Gasteiger partial charge in [0.25, 0.3) is 5.56 Å². The van der Waals surface area contributed by atoms with E-state index in [1.54, 1.807) is 17.8 Å². The number of H-pyrrole nitrogens is 1. The smallest absolute Gasteiger partial charge is 0.264 e. The van der Waals surface area contributed by atoms with Gasteiger partial charge in [-0.05, 0) is 6.07 Å². The first-order valence-electron chi connectivity index (χ1n) is 3.41. The van der Waals surface area contributed by atoms with Crippen LogP contribution in [0.25, 0.3) is 0 Å². The summed E-state index contributed by atoms with van der Waals surface area (Å²) in [6.45, 7) is 4.16. The number of aromatic nitrogens is 2. The molecule has 1 rings (SSSR count). The first-order valence-corrected chi connectivity index (χ1v) is 4.29. The number of aromatic amines is 1. The summed E-state index contributed by atoms with van der Waals surface area (Å²) < 4.78 is 0. The van der Waals surface area contributed by atoms with Crippen molar-refractivity contribution in [3.63, 3.8) is 0 Å². The molecule has 4 heteroatoms. The molecule has 3 nitrogen and oxygen atoms in total. The molecule has 0 aliphatic carbocycles. The lowest BCUT2D eigenvalue weighted by molar-refractivity contribution is 0.894. The number of thioether (sulfide) groups is 1. The SMILES string of the molecule is CC(C)Sc1ccc(=O)[nH]n1. The van der Waals surface area contributed by atoms with E-state index in [0.717, 1.165) is 5.03 Å². The van der Waals surface area contributed by atoms with Crippen molar-refractivity contribution >= 4 is 11.8 Å². The molecule has 0 atom stereocenters. The van der Waals surface area contributed by atoms with E-state index < -0.39 is 0 Å². The van der Waals surface area contributed by atoms with Crippen molar-refractivity contribution in [1.82, 2.24) is 10.2 Å². The van der Waals surface area contributed by atoms with Crippen LogP contribution < -0.4 is 5.56 Å². The highest BCUT2D eigenvalue weighted by Gasteiger charge is 1.97. The van der Waals surface area contributed by atoms with Crippen molar-refractivity contribution in [2.24, 2.45) is 0 Å². The molecule has 11 heavy (non-hydrogen) atoms. The molecule has 0 aliphatic heterocycles. The van der Waals surface area contributed by atoms with Crippen molar-refractivity contribution in [2.45, 2.75) is 24.1 Å². The third-order valence-corrected chi connectivity index (χ3v) is 1.95. The summed E-state index contributed by atoms with van der Waals surface area (Å²) in [6, 6.07) is 3.21. The second-order valence-electron chi connectivity index (χ2n) is 2.43. The van der Waals surface area contributed by atoms with Gasteiger partial charge in [0.1, 0.15) is 5.03 Å². The Morgan fingerprint density at radius 1 is 1.55 bits per heavy atom. The molecule has 60 valence electrons. The number of hydrogen-bond donors (Lipinski definition) is 1. The van der Waals surface area contributed by atoms with Gasteiger partial charge in [0.15, 0.2) is 0 Å². The van der Waals surface area contributed by atoms with Crippen LogP contribution in [0.5, 0.6) is 0 Å². The third kappa shape index (κ3) is 2.76. The van der Waals surface area contributed by atoms with Crippen LogP contribution in [-0.4, -0.2) is 15.4 Å². The second-order valence-corrected chi connectivity index (χ2v) is 4.02. The average molecular weight is 170 g/mol. The molecular formula is C7H10N2OS. The number of nitrogens with zero attached hydrogens (tertiary/aromatic N) is 1. The molecule has 0 radical (unpaired) electrons. The zero-order chi connectivity index (χ0) is 8.27. The van der Waals surface area contributed by atoms with E-state index in [1.165, 1.54) is 6.07 Å². The quantitative estimate of drug-likeness (QED) is 0.680. The van der Waals surface area contributed by atoms with E-state index in [0.29, 0.717) is 5.25 Å². The molecule has 0 aromatic carbocycles. The maximum atomic E-state index is 10.6. The average Bonchev–Trinajstić information content (AvgIpc) is 1.93. The molecular weight excluding hydrogens is 160 g/mol. The molecule has 0 unspecified atom stereocenters. The molecule has 1 aromatic rings. The van der Waals surface area contributed by atoms with Crippen LogP contribution in [0.15, 0.2) is 22.0 Å². The summed E-state index contributed by atoms with van der Waals surface area (Å²) >= 11 is 1.63. The highest BCUT2D eigenvalue weighted by atomic mass is 32.2. The van der Waals surface area contributed by atoms with E-state index in [1.807, 2.05) is 0 Å². The summed E-state index contributed by atoms with van der Waals surface area (Å²) in [5.74, 6) is 0. The van der Waals surface area contributed by atoms with Gasteiger partial charge in [-0.3, -0.25) is 4.79 Å². The minimum absolute atomic E-state index is 0.155. The Morgan fingerprint density at radius 2 is 2.27 bits per heavy atom. The van der Waals surface area contributed by atoms with Gasteiger partial charge in [0.05, 0.1) is 0 Å². The Balaban J connectivity index is 2.74. The largest absolute Gasteiger partial charge is 0.268 e. The predicted molar refractivity (Wildman–Crippen MR) is 45.9 cm³/mol. The van der Waals surface area contributed by atoms with E-state index >= 15 is 0 Å². The summed E-state index contributed by atoms with van der Waals surface area (Å²) in [6.07, 6.45) is 0. The minimum atomic E-state index is -0.155. The van der Waals surface area contributed by atoms with Gasteiger partial charge in [-0.15, -0.1) is 11.8 Å². The summed E-state index contributed by atoms with van der Waals surface area (Å²) in [7, 11) is 0.